The van der Waals surface area contributed by atoms with Crippen LogP contribution < -0.4 is 0 Å². The van der Waals surface area contributed by atoms with Gasteiger partial charge in [0.2, 0.25) is 5.78 Å². The topological polar surface area (TPSA) is 52.6 Å². The van der Waals surface area contributed by atoms with Crippen molar-refractivity contribution in [3.05, 3.63) is 83.1 Å². The molecule has 2 aliphatic rings. The number of ketones is 1. The van der Waals surface area contributed by atoms with Crippen molar-refractivity contribution >= 4 is 11.8 Å². The molecule has 2 aromatic carbocycles. The minimum Gasteiger partial charge on any atom is -0.490 e. The van der Waals surface area contributed by atoms with Crippen molar-refractivity contribution in [1.82, 2.24) is 0 Å². The smallest absolute Gasteiger partial charge is 0.321 e. The molecule has 1 aliphatic heterocycles. The predicted molar refractivity (Wildman–Crippen MR) is 101 cm³/mol. The van der Waals surface area contributed by atoms with Crippen LogP contribution in [0.15, 0.2) is 72.0 Å². The van der Waals surface area contributed by atoms with E-state index in [0.29, 0.717) is 12.4 Å². The number of hydrogen-bond acceptors (Lipinski definition) is 4. The van der Waals surface area contributed by atoms with Crippen molar-refractivity contribution in [3.63, 3.8) is 0 Å². The molecule has 4 heteroatoms. The summed E-state index contributed by atoms with van der Waals surface area (Å²) in [5, 5.41) is 0. The molecule has 0 aromatic heterocycles. The molecular formula is C23H22O4. The largest absolute Gasteiger partial charge is 0.490 e. The molecule has 138 valence electrons. The Bertz CT molecular complexity index is 885. The van der Waals surface area contributed by atoms with Crippen molar-refractivity contribution in [2.75, 3.05) is 6.61 Å². The molecule has 0 spiro atoms. The Hall–Kier alpha value is -2.88. The summed E-state index contributed by atoms with van der Waals surface area (Å²) in [4.78, 5) is 26.4. The Balaban J connectivity index is 1.68. The molecule has 0 saturated heterocycles. The second-order valence-electron chi connectivity index (χ2n) is 7.24. The molecule has 0 radical (unpaired) electrons. The van der Waals surface area contributed by atoms with E-state index in [1.54, 1.807) is 6.92 Å². The van der Waals surface area contributed by atoms with Gasteiger partial charge in [-0.2, -0.15) is 0 Å². The van der Waals surface area contributed by atoms with E-state index in [0.717, 1.165) is 29.5 Å². The molecule has 1 aliphatic carbocycles. The molecule has 0 N–H and O–H groups in total. The number of ether oxygens (including phenoxy) is 2. The van der Waals surface area contributed by atoms with Crippen LogP contribution in [0.25, 0.3) is 0 Å². The number of allylic oxidation sites excluding steroid dienone is 2. The molecule has 2 aromatic rings. The molecular weight excluding hydrogens is 340 g/mol. The van der Waals surface area contributed by atoms with Gasteiger partial charge < -0.3 is 9.47 Å². The van der Waals surface area contributed by atoms with E-state index in [4.69, 9.17) is 9.47 Å². The van der Waals surface area contributed by atoms with Crippen LogP contribution in [0.2, 0.25) is 0 Å². The lowest BCUT2D eigenvalue weighted by Gasteiger charge is -2.30. The van der Waals surface area contributed by atoms with Crippen LogP contribution in [0.3, 0.4) is 0 Å². The number of rotatable bonds is 4. The highest BCUT2D eigenvalue weighted by Crippen LogP contribution is 2.53. The molecule has 0 saturated carbocycles. The number of hydrogen-bond donors (Lipinski definition) is 0. The van der Waals surface area contributed by atoms with Crippen LogP contribution in [0.4, 0.5) is 0 Å². The van der Waals surface area contributed by atoms with Gasteiger partial charge in [-0.15, -0.1) is 0 Å². The Labute approximate surface area is 158 Å². The zero-order chi connectivity index (χ0) is 18.9. The Morgan fingerprint density at radius 3 is 2.48 bits per heavy atom. The van der Waals surface area contributed by atoms with E-state index >= 15 is 0 Å². The minimum atomic E-state index is -1.30. The fraction of sp³-hybridized carbons (Fsp3) is 0.304. The number of esters is 1. The van der Waals surface area contributed by atoms with Gasteiger partial charge in [-0.25, -0.2) is 0 Å². The highest BCUT2D eigenvalue weighted by atomic mass is 16.5. The monoisotopic (exact) mass is 362 g/mol. The third-order valence-electron chi connectivity index (χ3n) is 5.50. The summed E-state index contributed by atoms with van der Waals surface area (Å²) in [6.07, 6.45) is 1.62. The molecule has 0 fully saturated rings. The van der Waals surface area contributed by atoms with Crippen LogP contribution in [0.5, 0.6) is 0 Å². The Morgan fingerprint density at radius 1 is 1.11 bits per heavy atom. The SMILES string of the molecule is C[C@@]1(C(=O)OCc2ccccc2)C(=O)C2=C(CCCO2)[C@@H]1c1ccccc1. The van der Waals surface area contributed by atoms with Crippen molar-refractivity contribution in [1.29, 1.82) is 0 Å². The van der Waals surface area contributed by atoms with Gasteiger partial charge in [0.05, 0.1) is 6.61 Å². The summed E-state index contributed by atoms with van der Waals surface area (Å²) < 4.78 is 11.3. The van der Waals surface area contributed by atoms with Crippen molar-refractivity contribution < 1.29 is 19.1 Å². The summed E-state index contributed by atoms with van der Waals surface area (Å²) in [7, 11) is 0. The first-order valence-electron chi connectivity index (χ1n) is 9.29. The van der Waals surface area contributed by atoms with Crippen LogP contribution in [0.1, 0.15) is 36.8 Å². The summed E-state index contributed by atoms with van der Waals surface area (Å²) in [5.41, 5.74) is 1.47. The lowest BCUT2D eigenvalue weighted by Crippen LogP contribution is -2.40. The van der Waals surface area contributed by atoms with Gasteiger partial charge in [0.25, 0.3) is 0 Å². The fourth-order valence-corrected chi connectivity index (χ4v) is 4.11. The van der Waals surface area contributed by atoms with E-state index in [1.165, 1.54) is 0 Å². The van der Waals surface area contributed by atoms with E-state index in [-0.39, 0.29) is 18.3 Å². The third-order valence-corrected chi connectivity index (χ3v) is 5.50. The maximum absolute atomic E-state index is 13.2. The van der Waals surface area contributed by atoms with Crippen LogP contribution in [0, 0.1) is 5.41 Å². The van der Waals surface area contributed by atoms with Gasteiger partial charge in [-0.3, -0.25) is 9.59 Å². The predicted octanol–water partition coefficient (Wildman–Crippen LogP) is 4.17. The number of benzene rings is 2. The van der Waals surface area contributed by atoms with Gasteiger partial charge in [0.15, 0.2) is 5.76 Å². The van der Waals surface area contributed by atoms with Crippen molar-refractivity contribution in [3.8, 4) is 0 Å². The molecule has 0 amide bonds. The second kappa shape index (κ2) is 7.03. The molecule has 27 heavy (non-hydrogen) atoms. The highest BCUT2D eigenvalue weighted by Gasteiger charge is 2.59. The van der Waals surface area contributed by atoms with Crippen molar-refractivity contribution in [2.24, 2.45) is 5.41 Å². The lowest BCUT2D eigenvalue weighted by atomic mass is 9.72. The average Bonchev–Trinajstić information content (AvgIpc) is 2.96. The van der Waals surface area contributed by atoms with E-state index in [1.807, 2.05) is 60.7 Å². The van der Waals surface area contributed by atoms with Gasteiger partial charge in [0.1, 0.15) is 12.0 Å². The molecule has 1 heterocycles. The summed E-state index contributed by atoms with van der Waals surface area (Å²) >= 11 is 0. The number of carbonyl (C=O) groups excluding carboxylic acids is 2. The van der Waals surface area contributed by atoms with Crippen molar-refractivity contribution in [2.45, 2.75) is 32.3 Å². The van der Waals surface area contributed by atoms with Gasteiger partial charge in [0, 0.05) is 5.92 Å². The van der Waals surface area contributed by atoms with E-state index < -0.39 is 11.4 Å². The van der Waals surface area contributed by atoms with Gasteiger partial charge >= 0.3 is 5.97 Å². The summed E-state index contributed by atoms with van der Waals surface area (Å²) in [6.45, 7) is 2.36. The van der Waals surface area contributed by atoms with E-state index in [2.05, 4.69) is 0 Å². The third kappa shape index (κ3) is 2.95. The Kier molecular flexibility index (Phi) is 4.56. The first-order valence-corrected chi connectivity index (χ1v) is 9.29. The molecule has 4 nitrogen and oxygen atoms in total. The number of Topliss-reactive ketones (excluding diaryl/α,β-unsaturated/α-hetero) is 1. The molecule has 0 bridgehead atoms. The number of carbonyl (C=O) groups is 2. The zero-order valence-corrected chi connectivity index (χ0v) is 15.3. The normalized spacial score (nSPS) is 24.3. The van der Waals surface area contributed by atoms with E-state index in [9.17, 15) is 9.59 Å². The average molecular weight is 362 g/mol. The quantitative estimate of drug-likeness (QED) is 0.605. The van der Waals surface area contributed by atoms with Crippen LogP contribution in [-0.2, 0) is 25.7 Å². The van der Waals surface area contributed by atoms with Crippen LogP contribution in [-0.4, -0.2) is 18.4 Å². The summed E-state index contributed by atoms with van der Waals surface area (Å²) in [6, 6.07) is 19.2. The molecule has 0 unspecified atom stereocenters. The Morgan fingerprint density at radius 2 is 1.78 bits per heavy atom. The second-order valence-corrected chi connectivity index (χ2v) is 7.24. The first kappa shape index (κ1) is 17.5. The lowest BCUT2D eigenvalue weighted by molar-refractivity contribution is -0.160. The molecule has 2 atom stereocenters. The maximum Gasteiger partial charge on any atom is 0.321 e. The minimum absolute atomic E-state index is 0.148. The zero-order valence-electron chi connectivity index (χ0n) is 15.3. The van der Waals surface area contributed by atoms with Gasteiger partial charge in [-0.05, 0) is 36.5 Å². The first-order chi connectivity index (χ1) is 13.1. The molecule has 4 rings (SSSR count). The van der Waals surface area contributed by atoms with Gasteiger partial charge in [-0.1, -0.05) is 60.7 Å². The summed E-state index contributed by atoms with van der Waals surface area (Å²) in [5.74, 6) is -0.730. The highest BCUT2D eigenvalue weighted by molar-refractivity contribution is 6.15. The van der Waals surface area contributed by atoms with Crippen LogP contribution >= 0.6 is 0 Å². The fourth-order valence-electron chi connectivity index (χ4n) is 4.11. The standard InChI is InChI=1S/C23H22O4/c1-23(22(25)27-15-16-9-4-2-5-10-16)19(17-11-6-3-7-12-17)18-13-8-14-26-20(18)21(23)24/h2-7,9-12,19H,8,13-15H2,1H3/t19-,23-/m0/s1. The maximum atomic E-state index is 13.2.